The van der Waals surface area contributed by atoms with Crippen molar-refractivity contribution >= 4 is 11.6 Å². The SMILES string of the molecule is CCOc1ncccc1NC(=O)c1nn(-c2ccccc2F)c2c1CCC2. The molecule has 1 aromatic carbocycles. The molecule has 0 unspecified atom stereocenters. The lowest BCUT2D eigenvalue weighted by atomic mass is 10.2. The van der Waals surface area contributed by atoms with Crippen LogP contribution >= 0.6 is 0 Å². The molecule has 138 valence electrons. The van der Waals surface area contributed by atoms with Crippen LogP contribution in [0.25, 0.3) is 5.69 Å². The van der Waals surface area contributed by atoms with Crippen LogP contribution in [0.2, 0.25) is 0 Å². The molecule has 6 nitrogen and oxygen atoms in total. The molecule has 7 heteroatoms. The van der Waals surface area contributed by atoms with Crippen LogP contribution in [0.4, 0.5) is 10.1 Å². The van der Waals surface area contributed by atoms with Gasteiger partial charge in [0.2, 0.25) is 5.88 Å². The Morgan fingerprint density at radius 2 is 2.11 bits per heavy atom. The van der Waals surface area contributed by atoms with Gasteiger partial charge in [0.25, 0.3) is 5.91 Å². The Bertz CT molecular complexity index is 999. The Balaban J connectivity index is 1.70. The van der Waals surface area contributed by atoms with Crippen LogP contribution in [0.15, 0.2) is 42.6 Å². The van der Waals surface area contributed by atoms with Crippen molar-refractivity contribution in [1.82, 2.24) is 14.8 Å². The van der Waals surface area contributed by atoms with Gasteiger partial charge >= 0.3 is 0 Å². The van der Waals surface area contributed by atoms with Gasteiger partial charge in [0.1, 0.15) is 17.2 Å². The Labute approximate surface area is 156 Å². The summed E-state index contributed by atoms with van der Waals surface area (Å²) in [6.45, 7) is 2.29. The summed E-state index contributed by atoms with van der Waals surface area (Å²) in [5, 5.41) is 7.26. The van der Waals surface area contributed by atoms with Gasteiger partial charge in [-0.25, -0.2) is 14.1 Å². The summed E-state index contributed by atoms with van der Waals surface area (Å²) < 4.78 is 21.3. The van der Waals surface area contributed by atoms with E-state index in [4.69, 9.17) is 4.74 Å². The smallest absolute Gasteiger partial charge is 0.276 e. The Kier molecular flexibility index (Phi) is 4.58. The van der Waals surface area contributed by atoms with E-state index in [2.05, 4.69) is 15.4 Å². The fraction of sp³-hybridized carbons (Fsp3) is 0.250. The number of pyridine rings is 1. The second-order valence-corrected chi connectivity index (χ2v) is 6.23. The topological polar surface area (TPSA) is 69.0 Å². The number of ether oxygens (including phenoxy) is 1. The van der Waals surface area contributed by atoms with Crippen LogP contribution < -0.4 is 10.1 Å². The summed E-state index contributed by atoms with van der Waals surface area (Å²) in [6, 6.07) is 9.89. The standard InChI is InChI=1S/C20H19FN4O2/c1-2-27-20-15(9-6-12-22-20)23-19(26)18-13-7-5-11-16(13)25(24-18)17-10-4-3-8-14(17)21/h3-4,6,8-10,12H,2,5,7,11H2,1H3,(H,23,26). The van der Waals surface area contributed by atoms with Crippen molar-refractivity contribution in [1.29, 1.82) is 0 Å². The van der Waals surface area contributed by atoms with Crippen molar-refractivity contribution in [3.05, 3.63) is 65.4 Å². The highest BCUT2D eigenvalue weighted by atomic mass is 19.1. The van der Waals surface area contributed by atoms with Gasteiger partial charge in [-0.2, -0.15) is 5.10 Å². The highest BCUT2D eigenvalue weighted by Gasteiger charge is 2.28. The average Bonchev–Trinajstić information content (AvgIpc) is 3.27. The molecular weight excluding hydrogens is 347 g/mol. The molecule has 1 aliphatic rings. The maximum absolute atomic E-state index is 14.3. The molecule has 0 atom stereocenters. The highest BCUT2D eigenvalue weighted by Crippen LogP contribution is 2.30. The van der Waals surface area contributed by atoms with Crippen LogP contribution in [0.1, 0.15) is 35.1 Å². The van der Waals surface area contributed by atoms with Crippen molar-refractivity contribution in [2.24, 2.45) is 0 Å². The molecule has 4 rings (SSSR count). The first-order chi connectivity index (χ1) is 13.2. The number of hydrogen-bond acceptors (Lipinski definition) is 4. The number of halogens is 1. The highest BCUT2D eigenvalue weighted by molar-refractivity contribution is 6.04. The Morgan fingerprint density at radius 3 is 2.93 bits per heavy atom. The molecule has 0 spiro atoms. The molecule has 27 heavy (non-hydrogen) atoms. The first-order valence-corrected chi connectivity index (χ1v) is 8.94. The summed E-state index contributed by atoms with van der Waals surface area (Å²) in [5.41, 5.74) is 2.92. The molecule has 0 saturated heterocycles. The van der Waals surface area contributed by atoms with E-state index < -0.39 is 0 Å². The van der Waals surface area contributed by atoms with Crippen LogP contribution in [0.5, 0.6) is 5.88 Å². The molecule has 0 fully saturated rings. The van der Waals surface area contributed by atoms with Gasteiger partial charge in [0, 0.05) is 17.5 Å². The monoisotopic (exact) mass is 366 g/mol. The first kappa shape index (κ1) is 17.2. The summed E-state index contributed by atoms with van der Waals surface area (Å²) in [4.78, 5) is 17.0. The molecular formula is C20H19FN4O2. The number of fused-ring (bicyclic) bond motifs is 1. The zero-order valence-electron chi connectivity index (χ0n) is 14.9. The van der Waals surface area contributed by atoms with E-state index in [1.807, 2.05) is 6.92 Å². The van der Waals surface area contributed by atoms with Crippen LogP contribution in [-0.4, -0.2) is 27.3 Å². The lowest BCUT2D eigenvalue weighted by molar-refractivity contribution is 0.102. The number of rotatable bonds is 5. The summed E-state index contributed by atoms with van der Waals surface area (Å²) in [6.07, 6.45) is 4.03. The third-order valence-electron chi connectivity index (χ3n) is 4.53. The molecule has 1 amide bonds. The van der Waals surface area contributed by atoms with E-state index in [1.165, 1.54) is 6.07 Å². The predicted molar refractivity (Wildman–Crippen MR) is 98.9 cm³/mol. The average molecular weight is 366 g/mol. The van der Waals surface area contributed by atoms with Crippen LogP contribution in [0, 0.1) is 5.82 Å². The number of amides is 1. The number of anilines is 1. The predicted octanol–water partition coefficient (Wildman–Crippen LogP) is 3.55. The van der Waals surface area contributed by atoms with E-state index in [9.17, 15) is 9.18 Å². The molecule has 1 aliphatic carbocycles. The van der Waals surface area contributed by atoms with Crippen molar-refractivity contribution < 1.29 is 13.9 Å². The second-order valence-electron chi connectivity index (χ2n) is 6.23. The van der Waals surface area contributed by atoms with E-state index in [0.717, 1.165) is 30.5 Å². The zero-order chi connectivity index (χ0) is 18.8. The minimum atomic E-state index is -0.368. The van der Waals surface area contributed by atoms with Crippen molar-refractivity contribution in [2.75, 3.05) is 11.9 Å². The number of carbonyl (C=O) groups is 1. The maximum Gasteiger partial charge on any atom is 0.276 e. The van der Waals surface area contributed by atoms with Gasteiger partial charge < -0.3 is 10.1 Å². The van der Waals surface area contributed by atoms with Crippen molar-refractivity contribution in [3.63, 3.8) is 0 Å². The molecule has 3 aromatic rings. The lowest BCUT2D eigenvalue weighted by Gasteiger charge is -2.09. The van der Waals surface area contributed by atoms with Crippen molar-refractivity contribution in [3.8, 4) is 11.6 Å². The van der Waals surface area contributed by atoms with Gasteiger partial charge in [0.05, 0.1) is 6.61 Å². The molecule has 0 radical (unpaired) electrons. The molecule has 0 bridgehead atoms. The van der Waals surface area contributed by atoms with Gasteiger partial charge in [-0.05, 0) is 50.5 Å². The molecule has 0 saturated carbocycles. The number of carbonyl (C=O) groups excluding carboxylic acids is 1. The minimum Gasteiger partial charge on any atom is -0.476 e. The molecule has 2 aromatic heterocycles. The van der Waals surface area contributed by atoms with Crippen LogP contribution in [0.3, 0.4) is 0 Å². The molecule has 1 N–H and O–H groups in total. The van der Waals surface area contributed by atoms with Crippen molar-refractivity contribution in [2.45, 2.75) is 26.2 Å². The minimum absolute atomic E-state index is 0.317. The first-order valence-electron chi connectivity index (χ1n) is 8.94. The largest absolute Gasteiger partial charge is 0.476 e. The number of hydrogen-bond donors (Lipinski definition) is 1. The lowest BCUT2D eigenvalue weighted by Crippen LogP contribution is -2.16. The zero-order valence-corrected chi connectivity index (χ0v) is 14.9. The number of para-hydroxylation sites is 1. The van der Waals surface area contributed by atoms with Gasteiger partial charge in [0.15, 0.2) is 5.69 Å². The fourth-order valence-electron chi connectivity index (χ4n) is 3.36. The number of aromatic nitrogens is 3. The van der Waals surface area contributed by atoms with Crippen LogP contribution in [-0.2, 0) is 12.8 Å². The number of benzene rings is 1. The number of nitrogens with one attached hydrogen (secondary N) is 1. The third kappa shape index (κ3) is 3.16. The quantitative estimate of drug-likeness (QED) is 0.750. The van der Waals surface area contributed by atoms with E-state index in [0.29, 0.717) is 29.6 Å². The van der Waals surface area contributed by atoms with Gasteiger partial charge in [-0.1, -0.05) is 12.1 Å². The summed E-state index contributed by atoms with van der Waals surface area (Å²) in [7, 11) is 0. The maximum atomic E-state index is 14.3. The summed E-state index contributed by atoms with van der Waals surface area (Å²) >= 11 is 0. The second kappa shape index (κ2) is 7.19. The number of nitrogens with zero attached hydrogens (tertiary/aromatic N) is 3. The fourth-order valence-corrected chi connectivity index (χ4v) is 3.36. The Morgan fingerprint density at radius 1 is 1.26 bits per heavy atom. The third-order valence-corrected chi connectivity index (χ3v) is 4.53. The van der Waals surface area contributed by atoms with Gasteiger partial charge in [-0.15, -0.1) is 0 Å². The van der Waals surface area contributed by atoms with E-state index >= 15 is 0 Å². The molecule has 2 heterocycles. The van der Waals surface area contributed by atoms with E-state index in [-0.39, 0.29) is 11.7 Å². The molecule has 0 aliphatic heterocycles. The van der Waals surface area contributed by atoms with E-state index in [1.54, 1.807) is 41.2 Å². The normalized spacial score (nSPS) is 12.7. The summed E-state index contributed by atoms with van der Waals surface area (Å²) in [5.74, 6) is -0.358. The Hall–Kier alpha value is -3.22. The van der Waals surface area contributed by atoms with Gasteiger partial charge in [-0.3, -0.25) is 4.79 Å².